The molecule has 0 atom stereocenters. The molecule has 4 nitrogen and oxygen atoms in total. The Morgan fingerprint density at radius 3 is 2.75 bits per heavy atom. The molecule has 16 heavy (non-hydrogen) atoms. The van der Waals surface area contributed by atoms with Crippen molar-refractivity contribution in [1.82, 2.24) is 9.97 Å². The van der Waals surface area contributed by atoms with Crippen LogP contribution in [0.2, 0.25) is 5.15 Å². The summed E-state index contributed by atoms with van der Waals surface area (Å²) in [6.45, 7) is 2.05. The van der Waals surface area contributed by atoms with Crippen LogP contribution in [0.3, 0.4) is 0 Å². The molecule has 88 valence electrons. The first-order valence-corrected chi connectivity index (χ1v) is 7.60. The monoisotopic (exact) mass is 372 g/mol. The van der Waals surface area contributed by atoms with E-state index in [1.165, 1.54) is 11.8 Å². The zero-order valence-electron chi connectivity index (χ0n) is 8.79. The average Bonchev–Trinajstić information content (AvgIpc) is 2.27. The van der Waals surface area contributed by atoms with Gasteiger partial charge in [0.2, 0.25) is 0 Å². The number of hydrogen-bond donors (Lipinski definition) is 0. The van der Waals surface area contributed by atoms with Gasteiger partial charge in [0.15, 0.2) is 5.16 Å². The molecule has 0 saturated heterocycles. The van der Waals surface area contributed by atoms with E-state index in [0.29, 0.717) is 21.9 Å². The Bertz CT molecular complexity index is 403. The molecule has 0 aliphatic carbocycles. The van der Waals surface area contributed by atoms with E-state index in [9.17, 15) is 4.79 Å². The summed E-state index contributed by atoms with van der Waals surface area (Å²) in [5.74, 6) is -0.466. The quantitative estimate of drug-likeness (QED) is 0.203. The number of thioether (sulfide) groups is 1. The van der Waals surface area contributed by atoms with Gasteiger partial charge in [-0.1, -0.05) is 46.0 Å². The molecule has 0 spiro atoms. The summed E-state index contributed by atoms with van der Waals surface area (Å²) in [6.07, 6.45) is 1.85. The van der Waals surface area contributed by atoms with Gasteiger partial charge >= 0.3 is 5.97 Å². The molecule has 0 aromatic carbocycles. The van der Waals surface area contributed by atoms with Crippen LogP contribution in [0, 0.1) is 0 Å². The number of rotatable bonds is 4. The van der Waals surface area contributed by atoms with Crippen molar-refractivity contribution in [3.8, 4) is 0 Å². The molecule has 0 radical (unpaired) electrons. The summed E-state index contributed by atoms with van der Waals surface area (Å²) in [5, 5.41) is 0.717. The predicted molar refractivity (Wildman–Crippen MR) is 72.5 cm³/mol. The van der Waals surface area contributed by atoms with Gasteiger partial charge in [0.1, 0.15) is 10.7 Å². The number of carbonyl (C=O) groups excluding carboxylic acids is 1. The van der Waals surface area contributed by atoms with Crippen molar-refractivity contribution in [3.05, 3.63) is 16.4 Å². The van der Waals surface area contributed by atoms with Gasteiger partial charge in [0.05, 0.1) is 12.3 Å². The van der Waals surface area contributed by atoms with Crippen LogP contribution in [0.4, 0.5) is 0 Å². The number of hydrogen-bond acceptors (Lipinski definition) is 5. The molecule has 0 unspecified atom stereocenters. The fraction of sp³-hybridized carbons (Fsp3) is 0.444. The van der Waals surface area contributed by atoms with Crippen molar-refractivity contribution in [3.63, 3.8) is 0 Å². The lowest BCUT2D eigenvalue weighted by molar-refractivity contribution is 0.0524. The molecule has 0 N–H and O–H groups in total. The van der Waals surface area contributed by atoms with E-state index in [-0.39, 0.29) is 10.7 Å². The smallest absolute Gasteiger partial charge is 0.343 e. The second-order valence-electron chi connectivity index (χ2n) is 2.68. The molecule has 1 rings (SSSR count). The number of esters is 1. The third-order valence-corrected chi connectivity index (χ3v) is 3.25. The topological polar surface area (TPSA) is 52.1 Å². The van der Waals surface area contributed by atoms with E-state index in [2.05, 4.69) is 32.6 Å². The number of ether oxygens (including phenoxy) is 1. The lowest BCUT2D eigenvalue weighted by atomic mass is 10.2. The molecule has 0 amide bonds. The van der Waals surface area contributed by atoms with Gasteiger partial charge in [-0.3, -0.25) is 0 Å². The lowest BCUT2D eigenvalue weighted by Crippen LogP contribution is -2.11. The predicted octanol–water partition coefficient (Wildman–Crippen LogP) is 2.96. The molecule has 7 heteroatoms. The summed E-state index contributed by atoms with van der Waals surface area (Å²) in [6, 6.07) is 0. The highest BCUT2D eigenvalue weighted by atomic mass is 127. The molecule has 0 fully saturated rings. The Balaban J connectivity index is 3.21. The van der Waals surface area contributed by atoms with E-state index in [0.717, 1.165) is 0 Å². The maximum atomic E-state index is 11.6. The Morgan fingerprint density at radius 2 is 2.25 bits per heavy atom. The van der Waals surface area contributed by atoms with Crippen molar-refractivity contribution < 1.29 is 9.53 Å². The van der Waals surface area contributed by atoms with E-state index in [1.807, 2.05) is 6.26 Å². The molecule has 1 heterocycles. The minimum Gasteiger partial charge on any atom is -0.462 e. The minimum atomic E-state index is -0.466. The van der Waals surface area contributed by atoms with Crippen LogP contribution in [0.25, 0.3) is 0 Å². The Labute approximate surface area is 117 Å². The van der Waals surface area contributed by atoms with Crippen molar-refractivity contribution in [1.29, 1.82) is 0 Å². The van der Waals surface area contributed by atoms with Crippen molar-refractivity contribution in [2.24, 2.45) is 0 Å². The SMILES string of the molecule is CCOC(=O)c1c(Cl)nc(SC)nc1CI. The van der Waals surface area contributed by atoms with Gasteiger partial charge in [-0.25, -0.2) is 14.8 Å². The molecule has 0 aliphatic heterocycles. The fourth-order valence-corrected chi connectivity index (χ4v) is 2.30. The lowest BCUT2D eigenvalue weighted by Gasteiger charge is -2.08. The summed E-state index contributed by atoms with van der Waals surface area (Å²) >= 11 is 9.46. The van der Waals surface area contributed by atoms with Crippen LogP contribution >= 0.6 is 46.0 Å². The highest BCUT2D eigenvalue weighted by Gasteiger charge is 2.20. The third-order valence-electron chi connectivity index (χ3n) is 1.71. The number of carbonyl (C=O) groups is 1. The van der Waals surface area contributed by atoms with Crippen molar-refractivity contribution in [2.75, 3.05) is 12.9 Å². The number of nitrogens with zero attached hydrogens (tertiary/aromatic N) is 2. The second-order valence-corrected chi connectivity index (χ2v) is 4.57. The normalized spacial score (nSPS) is 10.2. The second kappa shape index (κ2) is 6.61. The van der Waals surface area contributed by atoms with Crippen LogP contribution in [0.15, 0.2) is 5.16 Å². The summed E-state index contributed by atoms with van der Waals surface area (Å²) in [4.78, 5) is 19.9. The first-order valence-electron chi connectivity index (χ1n) is 4.47. The van der Waals surface area contributed by atoms with E-state index >= 15 is 0 Å². The van der Waals surface area contributed by atoms with Gasteiger partial charge in [0, 0.05) is 4.43 Å². The minimum absolute atomic E-state index is 0.157. The zero-order chi connectivity index (χ0) is 12.1. The van der Waals surface area contributed by atoms with Gasteiger partial charge in [-0.2, -0.15) is 0 Å². The first-order chi connectivity index (χ1) is 7.63. The highest BCUT2D eigenvalue weighted by Crippen LogP contribution is 2.23. The molecular weight excluding hydrogens is 363 g/mol. The fourth-order valence-electron chi connectivity index (χ4n) is 1.05. The molecule has 0 saturated carbocycles. The van der Waals surface area contributed by atoms with Crippen molar-refractivity contribution >= 4 is 51.9 Å². The maximum absolute atomic E-state index is 11.6. The van der Waals surface area contributed by atoms with Crippen LogP contribution in [0.1, 0.15) is 23.0 Å². The Morgan fingerprint density at radius 1 is 1.56 bits per heavy atom. The maximum Gasteiger partial charge on any atom is 0.343 e. The largest absolute Gasteiger partial charge is 0.462 e. The van der Waals surface area contributed by atoms with Gasteiger partial charge in [-0.15, -0.1) is 0 Å². The molecule has 0 bridgehead atoms. The zero-order valence-corrected chi connectivity index (χ0v) is 12.5. The third kappa shape index (κ3) is 3.21. The number of halogens is 2. The van der Waals surface area contributed by atoms with Crippen molar-refractivity contribution in [2.45, 2.75) is 16.5 Å². The van der Waals surface area contributed by atoms with Gasteiger partial charge in [0.25, 0.3) is 0 Å². The van der Waals surface area contributed by atoms with Crippen LogP contribution in [-0.2, 0) is 9.16 Å². The number of alkyl halides is 1. The van der Waals surface area contributed by atoms with Gasteiger partial charge < -0.3 is 4.74 Å². The van der Waals surface area contributed by atoms with E-state index in [4.69, 9.17) is 16.3 Å². The molecule has 1 aromatic rings. The highest BCUT2D eigenvalue weighted by molar-refractivity contribution is 14.1. The summed E-state index contributed by atoms with van der Waals surface area (Å²) in [5.41, 5.74) is 0.888. The van der Waals surface area contributed by atoms with E-state index < -0.39 is 5.97 Å². The summed E-state index contributed by atoms with van der Waals surface area (Å²) in [7, 11) is 0. The first kappa shape index (κ1) is 14.0. The van der Waals surface area contributed by atoms with Crippen LogP contribution in [-0.4, -0.2) is 28.8 Å². The molecule has 1 aromatic heterocycles. The Hall–Kier alpha value is -0.0800. The molecule has 0 aliphatic rings. The van der Waals surface area contributed by atoms with Gasteiger partial charge in [-0.05, 0) is 13.2 Å². The number of aromatic nitrogens is 2. The standard InChI is InChI=1S/C9H10ClIN2O2S/c1-3-15-8(14)6-5(4-11)12-9(16-2)13-7(6)10/h3-4H2,1-2H3. The average molecular weight is 373 g/mol. The van der Waals surface area contributed by atoms with Crippen LogP contribution < -0.4 is 0 Å². The van der Waals surface area contributed by atoms with E-state index in [1.54, 1.807) is 6.92 Å². The Kier molecular flexibility index (Phi) is 5.77. The molecular formula is C9H10ClIN2O2S. The summed E-state index contributed by atoms with van der Waals surface area (Å²) < 4.78 is 5.50. The van der Waals surface area contributed by atoms with Crippen LogP contribution in [0.5, 0.6) is 0 Å².